The standard InChI is InChI=1S/C19H26N2/c1-15-8-10-17(11-9-15)14-21(3)13-12-19(20)18-7-5-4-6-16(18)2/h4-11,19H,12-14,20H2,1-3H3. The summed E-state index contributed by atoms with van der Waals surface area (Å²) >= 11 is 0. The molecule has 0 saturated heterocycles. The summed E-state index contributed by atoms with van der Waals surface area (Å²) in [5.74, 6) is 0. The van der Waals surface area contributed by atoms with Gasteiger partial charge in [-0.05, 0) is 50.6 Å². The zero-order valence-electron chi connectivity index (χ0n) is 13.3. The summed E-state index contributed by atoms with van der Waals surface area (Å²) in [5, 5.41) is 0. The SMILES string of the molecule is Cc1ccc(CN(C)CCC(N)c2ccccc2C)cc1. The van der Waals surface area contributed by atoms with Crippen molar-refractivity contribution in [2.45, 2.75) is 32.9 Å². The van der Waals surface area contributed by atoms with Gasteiger partial charge in [0.1, 0.15) is 0 Å². The van der Waals surface area contributed by atoms with Crippen LogP contribution in [0, 0.1) is 13.8 Å². The highest BCUT2D eigenvalue weighted by Gasteiger charge is 2.09. The molecule has 21 heavy (non-hydrogen) atoms. The molecule has 2 aromatic carbocycles. The average molecular weight is 282 g/mol. The maximum Gasteiger partial charge on any atom is 0.0309 e. The number of hydrogen-bond acceptors (Lipinski definition) is 2. The van der Waals surface area contributed by atoms with Crippen LogP contribution in [0.5, 0.6) is 0 Å². The Morgan fingerprint density at radius 1 is 1.00 bits per heavy atom. The fourth-order valence-electron chi connectivity index (χ4n) is 2.60. The first-order valence-corrected chi connectivity index (χ1v) is 7.61. The second kappa shape index (κ2) is 7.39. The molecule has 0 aliphatic carbocycles. The van der Waals surface area contributed by atoms with Crippen LogP contribution in [0.15, 0.2) is 48.5 Å². The predicted molar refractivity (Wildman–Crippen MR) is 90.2 cm³/mol. The van der Waals surface area contributed by atoms with Crippen LogP contribution >= 0.6 is 0 Å². The van der Waals surface area contributed by atoms with E-state index in [0.717, 1.165) is 19.5 Å². The molecule has 0 amide bonds. The minimum Gasteiger partial charge on any atom is -0.324 e. The molecule has 2 heteroatoms. The van der Waals surface area contributed by atoms with Crippen LogP contribution in [0.3, 0.4) is 0 Å². The van der Waals surface area contributed by atoms with Gasteiger partial charge in [-0.15, -0.1) is 0 Å². The molecule has 0 spiro atoms. The van der Waals surface area contributed by atoms with Crippen LogP contribution in [-0.2, 0) is 6.54 Å². The zero-order valence-corrected chi connectivity index (χ0v) is 13.3. The van der Waals surface area contributed by atoms with Gasteiger partial charge in [0.05, 0.1) is 0 Å². The Kier molecular flexibility index (Phi) is 5.54. The molecule has 0 aromatic heterocycles. The van der Waals surface area contributed by atoms with Crippen LogP contribution in [0.4, 0.5) is 0 Å². The molecule has 1 atom stereocenters. The molecule has 2 rings (SSSR count). The highest BCUT2D eigenvalue weighted by Crippen LogP contribution is 2.18. The molecule has 2 N–H and O–H groups in total. The highest BCUT2D eigenvalue weighted by atomic mass is 15.1. The van der Waals surface area contributed by atoms with E-state index in [4.69, 9.17) is 5.73 Å². The molecule has 0 aliphatic heterocycles. The van der Waals surface area contributed by atoms with Crippen LogP contribution in [0.25, 0.3) is 0 Å². The molecular weight excluding hydrogens is 256 g/mol. The molecule has 0 aliphatic rings. The first kappa shape index (κ1) is 15.7. The lowest BCUT2D eigenvalue weighted by molar-refractivity contribution is 0.311. The Morgan fingerprint density at radius 3 is 2.33 bits per heavy atom. The topological polar surface area (TPSA) is 29.3 Å². The lowest BCUT2D eigenvalue weighted by Crippen LogP contribution is -2.23. The molecule has 2 nitrogen and oxygen atoms in total. The second-order valence-corrected chi connectivity index (χ2v) is 5.98. The van der Waals surface area contributed by atoms with Crippen molar-refractivity contribution in [1.29, 1.82) is 0 Å². The summed E-state index contributed by atoms with van der Waals surface area (Å²) in [6.45, 7) is 6.23. The smallest absolute Gasteiger partial charge is 0.0309 e. The second-order valence-electron chi connectivity index (χ2n) is 5.98. The van der Waals surface area contributed by atoms with Crippen molar-refractivity contribution in [3.63, 3.8) is 0 Å². The third-order valence-corrected chi connectivity index (χ3v) is 3.98. The van der Waals surface area contributed by atoms with Gasteiger partial charge in [-0.3, -0.25) is 0 Å². The van der Waals surface area contributed by atoms with Gasteiger partial charge in [0.2, 0.25) is 0 Å². The van der Waals surface area contributed by atoms with Gasteiger partial charge in [0, 0.05) is 12.6 Å². The molecule has 0 fully saturated rings. The van der Waals surface area contributed by atoms with Gasteiger partial charge in [0.25, 0.3) is 0 Å². The maximum absolute atomic E-state index is 6.33. The van der Waals surface area contributed by atoms with Crippen molar-refractivity contribution in [2.75, 3.05) is 13.6 Å². The van der Waals surface area contributed by atoms with Crippen molar-refractivity contribution < 1.29 is 0 Å². The normalized spacial score (nSPS) is 12.6. The number of nitrogens with zero attached hydrogens (tertiary/aromatic N) is 1. The van der Waals surface area contributed by atoms with Gasteiger partial charge in [-0.1, -0.05) is 54.1 Å². The van der Waals surface area contributed by atoms with Gasteiger partial charge in [-0.25, -0.2) is 0 Å². The number of nitrogens with two attached hydrogens (primary N) is 1. The van der Waals surface area contributed by atoms with Crippen LogP contribution < -0.4 is 5.73 Å². The Hall–Kier alpha value is -1.64. The van der Waals surface area contributed by atoms with Crippen molar-refractivity contribution >= 4 is 0 Å². The highest BCUT2D eigenvalue weighted by molar-refractivity contribution is 5.28. The van der Waals surface area contributed by atoms with E-state index in [1.54, 1.807) is 0 Å². The summed E-state index contributed by atoms with van der Waals surface area (Å²) in [4.78, 5) is 2.34. The van der Waals surface area contributed by atoms with E-state index in [-0.39, 0.29) is 6.04 Å². The average Bonchev–Trinajstić information content (AvgIpc) is 2.48. The van der Waals surface area contributed by atoms with Gasteiger partial charge in [-0.2, -0.15) is 0 Å². The molecule has 0 saturated carbocycles. The minimum atomic E-state index is 0.117. The van der Waals surface area contributed by atoms with E-state index in [9.17, 15) is 0 Å². The van der Waals surface area contributed by atoms with Crippen LogP contribution in [-0.4, -0.2) is 18.5 Å². The summed E-state index contributed by atoms with van der Waals surface area (Å²) in [5.41, 5.74) is 11.5. The fourth-order valence-corrected chi connectivity index (χ4v) is 2.60. The summed E-state index contributed by atoms with van der Waals surface area (Å²) < 4.78 is 0. The largest absolute Gasteiger partial charge is 0.324 e. The van der Waals surface area contributed by atoms with Crippen molar-refractivity contribution in [3.8, 4) is 0 Å². The Balaban J connectivity index is 1.85. The first-order chi connectivity index (χ1) is 10.1. The Morgan fingerprint density at radius 2 is 1.67 bits per heavy atom. The Bertz CT molecular complexity index is 560. The zero-order chi connectivity index (χ0) is 15.2. The quantitative estimate of drug-likeness (QED) is 0.872. The summed E-state index contributed by atoms with van der Waals surface area (Å²) in [6.07, 6.45) is 0.979. The van der Waals surface area contributed by atoms with Crippen molar-refractivity contribution in [1.82, 2.24) is 4.90 Å². The van der Waals surface area contributed by atoms with E-state index in [1.807, 2.05) is 0 Å². The molecule has 2 aromatic rings. The predicted octanol–water partition coefficient (Wildman–Crippen LogP) is 3.83. The van der Waals surface area contributed by atoms with E-state index in [2.05, 4.69) is 74.3 Å². The van der Waals surface area contributed by atoms with E-state index >= 15 is 0 Å². The molecular formula is C19H26N2. The van der Waals surface area contributed by atoms with E-state index in [0.29, 0.717) is 0 Å². The first-order valence-electron chi connectivity index (χ1n) is 7.61. The van der Waals surface area contributed by atoms with Gasteiger partial charge in [0.15, 0.2) is 0 Å². The summed E-state index contributed by atoms with van der Waals surface area (Å²) in [6, 6.07) is 17.3. The lowest BCUT2D eigenvalue weighted by Gasteiger charge is -2.20. The summed E-state index contributed by atoms with van der Waals surface area (Å²) in [7, 11) is 2.16. The molecule has 112 valence electrons. The van der Waals surface area contributed by atoms with Gasteiger partial charge < -0.3 is 10.6 Å². The third kappa shape index (κ3) is 4.69. The lowest BCUT2D eigenvalue weighted by atomic mass is 9.99. The monoisotopic (exact) mass is 282 g/mol. The fraction of sp³-hybridized carbons (Fsp3) is 0.368. The van der Waals surface area contributed by atoms with Crippen LogP contribution in [0.1, 0.15) is 34.7 Å². The molecule has 0 radical (unpaired) electrons. The van der Waals surface area contributed by atoms with Crippen molar-refractivity contribution in [2.24, 2.45) is 5.73 Å². The minimum absolute atomic E-state index is 0.117. The number of benzene rings is 2. The van der Waals surface area contributed by atoms with Crippen LogP contribution in [0.2, 0.25) is 0 Å². The third-order valence-electron chi connectivity index (χ3n) is 3.98. The van der Waals surface area contributed by atoms with E-state index in [1.165, 1.54) is 22.3 Å². The van der Waals surface area contributed by atoms with Crippen molar-refractivity contribution in [3.05, 3.63) is 70.8 Å². The Labute approximate surface area is 128 Å². The van der Waals surface area contributed by atoms with Gasteiger partial charge >= 0.3 is 0 Å². The number of rotatable bonds is 6. The molecule has 0 bridgehead atoms. The maximum atomic E-state index is 6.33. The van der Waals surface area contributed by atoms with E-state index < -0.39 is 0 Å². The number of aryl methyl sites for hydroxylation is 2. The number of hydrogen-bond donors (Lipinski definition) is 1. The molecule has 0 heterocycles. The molecule has 1 unspecified atom stereocenters.